The van der Waals surface area contributed by atoms with Gasteiger partial charge in [0.2, 0.25) is 0 Å². The van der Waals surface area contributed by atoms with Crippen molar-refractivity contribution in [3.8, 4) is 11.4 Å². The lowest BCUT2D eigenvalue weighted by atomic mass is 10.1. The lowest BCUT2D eigenvalue weighted by molar-refractivity contribution is 0.627. The quantitative estimate of drug-likeness (QED) is 0.911. The number of benzene rings is 1. The van der Waals surface area contributed by atoms with E-state index in [1.54, 1.807) is 0 Å². The SMILES string of the molecule is CCNc1cc(CC)nc(-c2cc(C)cc(F)c2)n1. The third-order valence-corrected chi connectivity index (χ3v) is 2.80. The van der Waals surface area contributed by atoms with Gasteiger partial charge in [0.15, 0.2) is 5.82 Å². The van der Waals surface area contributed by atoms with Gasteiger partial charge in [-0.2, -0.15) is 0 Å². The van der Waals surface area contributed by atoms with Crippen LogP contribution in [0.3, 0.4) is 0 Å². The molecule has 1 N–H and O–H groups in total. The molecule has 0 aliphatic heterocycles. The maximum absolute atomic E-state index is 13.5. The average molecular weight is 259 g/mol. The molecule has 0 aliphatic rings. The van der Waals surface area contributed by atoms with E-state index in [1.807, 2.05) is 32.9 Å². The standard InChI is InChI=1S/C15H18FN3/c1-4-13-9-14(17-5-2)19-15(18-13)11-6-10(3)7-12(16)8-11/h6-9H,4-5H2,1-3H3,(H,17,18,19). The second-order valence-electron chi connectivity index (χ2n) is 4.47. The largest absolute Gasteiger partial charge is 0.370 e. The van der Waals surface area contributed by atoms with Crippen LogP contribution >= 0.6 is 0 Å². The fraction of sp³-hybridized carbons (Fsp3) is 0.333. The first-order chi connectivity index (χ1) is 9.12. The summed E-state index contributed by atoms with van der Waals surface area (Å²) in [6.07, 6.45) is 0.822. The Morgan fingerprint density at radius 2 is 1.89 bits per heavy atom. The summed E-state index contributed by atoms with van der Waals surface area (Å²) in [7, 11) is 0. The number of hydrogen-bond donors (Lipinski definition) is 1. The number of hydrogen-bond acceptors (Lipinski definition) is 3. The van der Waals surface area contributed by atoms with Crippen molar-refractivity contribution in [3.63, 3.8) is 0 Å². The van der Waals surface area contributed by atoms with Gasteiger partial charge in [0, 0.05) is 23.9 Å². The van der Waals surface area contributed by atoms with E-state index in [1.165, 1.54) is 12.1 Å². The van der Waals surface area contributed by atoms with Crippen molar-refractivity contribution in [1.82, 2.24) is 9.97 Å². The first-order valence-electron chi connectivity index (χ1n) is 6.51. The van der Waals surface area contributed by atoms with Gasteiger partial charge in [0.25, 0.3) is 0 Å². The molecule has 2 aromatic rings. The lowest BCUT2D eigenvalue weighted by Crippen LogP contribution is -2.04. The minimum Gasteiger partial charge on any atom is -0.370 e. The van der Waals surface area contributed by atoms with E-state index in [9.17, 15) is 4.39 Å². The second kappa shape index (κ2) is 5.78. The van der Waals surface area contributed by atoms with Crippen LogP contribution in [-0.4, -0.2) is 16.5 Å². The molecule has 3 nitrogen and oxygen atoms in total. The molecule has 2 rings (SSSR count). The van der Waals surface area contributed by atoms with Gasteiger partial charge in [0.05, 0.1) is 0 Å². The Bertz CT molecular complexity index is 561. The number of aryl methyl sites for hydroxylation is 2. The van der Waals surface area contributed by atoms with Crippen molar-refractivity contribution in [2.45, 2.75) is 27.2 Å². The summed E-state index contributed by atoms with van der Waals surface area (Å²) in [5, 5.41) is 3.18. The molecule has 0 unspecified atom stereocenters. The van der Waals surface area contributed by atoms with E-state index in [2.05, 4.69) is 15.3 Å². The molecule has 0 saturated carbocycles. The zero-order valence-corrected chi connectivity index (χ0v) is 11.5. The van der Waals surface area contributed by atoms with Crippen LogP contribution in [0.15, 0.2) is 24.3 Å². The summed E-state index contributed by atoms with van der Waals surface area (Å²) in [5.41, 5.74) is 2.53. The first kappa shape index (κ1) is 13.5. The summed E-state index contributed by atoms with van der Waals surface area (Å²) >= 11 is 0. The molecule has 0 aliphatic carbocycles. The molecule has 0 spiro atoms. The van der Waals surface area contributed by atoms with Crippen molar-refractivity contribution in [1.29, 1.82) is 0 Å². The van der Waals surface area contributed by atoms with E-state index in [-0.39, 0.29) is 5.82 Å². The van der Waals surface area contributed by atoms with Crippen molar-refractivity contribution in [3.05, 3.63) is 41.3 Å². The van der Waals surface area contributed by atoms with Crippen LogP contribution in [-0.2, 0) is 6.42 Å². The molecular weight excluding hydrogens is 241 g/mol. The Hall–Kier alpha value is -1.97. The predicted molar refractivity (Wildman–Crippen MR) is 75.7 cm³/mol. The molecule has 0 amide bonds. The monoisotopic (exact) mass is 259 g/mol. The zero-order valence-electron chi connectivity index (χ0n) is 11.5. The number of halogens is 1. The number of nitrogens with zero attached hydrogens (tertiary/aromatic N) is 2. The predicted octanol–water partition coefficient (Wildman–Crippen LogP) is 3.59. The Morgan fingerprint density at radius 3 is 2.53 bits per heavy atom. The second-order valence-corrected chi connectivity index (χ2v) is 4.47. The molecule has 0 radical (unpaired) electrons. The van der Waals surface area contributed by atoms with Gasteiger partial charge in [-0.1, -0.05) is 6.92 Å². The van der Waals surface area contributed by atoms with Crippen molar-refractivity contribution in [2.75, 3.05) is 11.9 Å². The normalized spacial score (nSPS) is 10.5. The smallest absolute Gasteiger partial charge is 0.161 e. The highest BCUT2D eigenvalue weighted by Crippen LogP contribution is 2.21. The van der Waals surface area contributed by atoms with Gasteiger partial charge in [-0.05, 0) is 44.0 Å². The molecule has 100 valence electrons. The topological polar surface area (TPSA) is 37.8 Å². The molecule has 1 heterocycles. The molecular formula is C15H18FN3. The molecule has 1 aromatic heterocycles. The van der Waals surface area contributed by atoms with Crippen LogP contribution in [0.5, 0.6) is 0 Å². The summed E-state index contributed by atoms with van der Waals surface area (Å²) < 4.78 is 13.5. The van der Waals surface area contributed by atoms with Gasteiger partial charge < -0.3 is 5.32 Å². The number of nitrogens with one attached hydrogen (secondary N) is 1. The van der Waals surface area contributed by atoms with Gasteiger partial charge in [-0.3, -0.25) is 0 Å². The van der Waals surface area contributed by atoms with Gasteiger partial charge in [-0.25, -0.2) is 14.4 Å². The highest BCUT2D eigenvalue weighted by molar-refractivity contribution is 5.58. The van der Waals surface area contributed by atoms with Crippen LogP contribution in [0.4, 0.5) is 10.2 Å². The van der Waals surface area contributed by atoms with Crippen molar-refractivity contribution >= 4 is 5.82 Å². The number of rotatable bonds is 4. The maximum atomic E-state index is 13.5. The molecule has 1 aromatic carbocycles. The summed E-state index contributed by atoms with van der Waals surface area (Å²) in [4.78, 5) is 8.90. The average Bonchev–Trinajstić information content (AvgIpc) is 2.37. The number of aromatic nitrogens is 2. The summed E-state index contributed by atoms with van der Waals surface area (Å²) in [6.45, 7) is 6.71. The lowest BCUT2D eigenvalue weighted by Gasteiger charge is -2.08. The Labute approximate surface area is 112 Å². The first-order valence-corrected chi connectivity index (χ1v) is 6.51. The van der Waals surface area contributed by atoms with E-state index < -0.39 is 0 Å². The minimum atomic E-state index is -0.259. The van der Waals surface area contributed by atoms with E-state index in [0.717, 1.165) is 30.0 Å². The Morgan fingerprint density at radius 1 is 1.11 bits per heavy atom. The van der Waals surface area contributed by atoms with Crippen LogP contribution in [0, 0.1) is 12.7 Å². The fourth-order valence-corrected chi connectivity index (χ4v) is 1.94. The summed E-state index contributed by atoms with van der Waals surface area (Å²) in [5.74, 6) is 1.09. The molecule has 4 heteroatoms. The third-order valence-electron chi connectivity index (χ3n) is 2.80. The van der Waals surface area contributed by atoms with E-state index in [4.69, 9.17) is 0 Å². The van der Waals surface area contributed by atoms with Crippen LogP contribution < -0.4 is 5.32 Å². The Kier molecular flexibility index (Phi) is 4.10. The van der Waals surface area contributed by atoms with Crippen LogP contribution in [0.25, 0.3) is 11.4 Å². The van der Waals surface area contributed by atoms with Crippen LogP contribution in [0.1, 0.15) is 25.1 Å². The van der Waals surface area contributed by atoms with Gasteiger partial charge >= 0.3 is 0 Å². The third kappa shape index (κ3) is 3.28. The van der Waals surface area contributed by atoms with E-state index >= 15 is 0 Å². The maximum Gasteiger partial charge on any atom is 0.161 e. The molecule has 0 atom stereocenters. The highest BCUT2D eigenvalue weighted by Gasteiger charge is 2.07. The molecule has 19 heavy (non-hydrogen) atoms. The van der Waals surface area contributed by atoms with Crippen molar-refractivity contribution in [2.24, 2.45) is 0 Å². The van der Waals surface area contributed by atoms with Gasteiger partial charge in [0.1, 0.15) is 11.6 Å². The molecule has 0 saturated heterocycles. The van der Waals surface area contributed by atoms with E-state index in [0.29, 0.717) is 11.4 Å². The molecule has 0 bridgehead atoms. The molecule has 0 fully saturated rings. The zero-order chi connectivity index (χ0) is 13.8. The number of anilines is 1. The van der Waals surface area contributed by atoms with Crippen LogP contribution in [0.2, 0.25) is 0 Å². The Balaban J connectivity index is 2.50. The fourth-order valence-electron chi connectivity index (χ4n) is 1.94. The highest BCUT2D eigenvalue weighted by atomic mass is 19.1. The van der Waals surface area contributed by atoms with Gasteiger partial charge in [-0.15, -0.1) is 0 Å². The summed E-state index contributed by atoms with van der Waals surface area (Å²) in [6, 6.07) is 6.79. The minimum absolute atomic E-state index is 0.259. The van der Waals surface area contributed by atoms with Crippen molar-refractivity contribution < 1.29 is 4.39 Å².